The quantitative estimate of drug-likeness (QED) is 0.321. The van der Waals surface area contributed by atoms with Crippen molar-refractivity contribution < 1.29 is 9.53 Å². The first-order valence-electron chi connectivity index (χ1n) is 9.69. The Morgan fingerprint density at radius 2 is 1.45 bits per heavy atom. The van der Waals surface area contributed by atoms with Gasteiger partial charge in [-0.25, -0.2) is 5.32 Å². The molecule has 22 heavy (non-hydrogen) atoms. The molecule has 3 nitrogen and oxygen atoms in total. The average Bonchev–Trinajstić information content (AvgIpc) is 3.01. The van der Waals surface area contributed by atoms with Crippen LogP contribution in [-0.4, -0.2) is 18.7 Å². The number of esters is 1. The van der Waals surface area contributed by atoms with Gasteiger partial charge in [0.1, 0.15) is 0 Å². The summed E-state index contributed by atoms with van der Waals surface area (Å²) in [7, 11) is 0. The molecule has 1 aliphatic heterocycles. The predicted molar refractivity (Wildman–Crippen MR) is 91.8 cm³/mol. The van der Waals surface area contributed by atoms with Gasteiger partial charge in [0.15, 0.2) is 6.23 Å². The fraction of sp³-hybridized carbons (Fsp3) is 0.947. The number of carbonyl (C=O) groups excluding carboxylic acids is 1. The number of hydrogen-bond donors (Lipinski definition) is 0. The van der Waals surface area contributed by atoms with Crippen LogP contribution in [-0.2, 0) is 9.53 Å². The molecule has 0 N–H and O–H groups in total. The lowest BCUT2D eigenvalue weighted by Gasteiger charge is -2.10. The van der Waals surface area contributed by atoms with Crippen molar-refractivity contribution in [1.29, 1.82) is 0 Å². The molecule has 1 rings (SSSR count). The van der Waals surface area contributed by atoms with Crippen LogP contribution in [0.15, 0.2) is 0 Å². The molecule has 1 atom stereocenters. The molecule has 1 unspecified atom stereocenters. The number of ether oxygens (including phenoxy) is 1. The zero-order valence-corrected chi connectivity index (χ0v) is 14.7. The number of unbranched alkanes of at least 4 members (excludes halogenated alkanes) is 11. The van der Waals surface area contributed by atoms with Crippen LogP contribution in [0.4, 0.5) is 0 Å². The second-order valence-electron chi connectivity index (χ2n) is 6.63. The van der Waals surface area contributed by atoms with Gasteiger partial charge in [-0.15, -0.1) is 0 Å². The van der Waals surface area contributed by atoms with Gasteiger partial charge in [0.05, 0.1) is 0 Å². The summed E-state index contributed by atoms with van der Waals surface area (Å²) in [5, 5.41) is 4.24. The number of nitrogens with zero attached hydrogens (tertiary/aromatic N) is 1. The second-order valence-corrected chi connectivity index (χ2v) is 6.63. The summed E-state index contributed by atoms with van der Waals surface area (Å²) in [6.07, 6.45) is 18.3. The summed E-state index contributed by atoms with van der Waals surface area (Å²) in [6, 6.07) is 0. The summed E-state index contributed by atoms with van der Waals surface area (Å²) in [4.78, 5) is 11.6. The first-order valence-corrected chi connectivity index (χ1v) is 9.69. The first kappa shape index (κ1) is 19.5. The highest BCUT2D eigenvalue weighted by molar-refractivity contribution is 5.69. The van der Waals surface area contributed by atoms with Crippen LogP contribution in [0.2, 0.25) is 0 Å². The minimum absolute atomic E-state index is 0.0530. The van der Waals surface area contributed by atoms with Crippen LogP contribution in [0.3, 0.4) is 0 Å². The van der Waals surface area contributed by atoms with E-state index in [0.29, 0.717) is 6.42 Å². The van der Waals surface area contributed by atoms with Crippen LogP contribution < -0.4 is 5.32 Å². The molecule has 1 aliphatic rings. The van der Waals surface area contributed by atoms with Gasteiger partial charge in [0.2, 0.25) is 0 Å². The normalized spacial score (nSPS) is 17.8. The molecule has 0 amide bonds. The summed E-state index contributed by atoms with van der Waals surface area (Å²) < 4.78 is 5.31. The van der Waals surface area contributed by atoms with Gasteiger partial charge in [-0.1, -0.05) is 77.6 Å². The van der Waals surface area contributed by atoms with Gasteiger partial charge in [-0.2, -0.15) is 0 Å². The Morgan fingerprint density at radius 3 is 1.95 bits per heavy atom. The molecule has 0 saturated carbocycles. The van der Waals surface area contributed by atoms with E-state index < -0.39 is 0 Å². The zero-order chi connectivity index (χ0) is 15.9. The summed E-state index contributed by atoms with van der Waals surface area (Å²) in [5.41, 5.74) is 0. The standard InChI is InChI=1S/C19H36NO2/c1-2-3-4-5-6-7-8-9-10-11-12-13-16-19(21)22-18-15-14-17-20-18/h18H,2-17H2,1H3. The van der Waals surface area contributed by atoms with Gasteiger partial charge in [-0.3, -0.25) is 4.79 Å². The van der Waals surface area contributed by atoms with E-state index in [-0.39, 0.29) is 12.2 Å². The van der Waals surface area contributed by atoms with Crippen molar-refractivity contribution >= 4 is 5.97 Å². The largest absolute Gasteiger partial charge is 0.445 e. The fourth-order valence-corrected chi connectivity index (χ4v) is 3.01. The van der Waals surface area contributed by atoms with Gasteiger partial charge in [0.25, 0.3) is 0 Å². The topological polar surface area (TPSA) is 40.4 Å². The molecule has 3 heteroatoms. The Hall–Kier alpha value is -0.570. The maximum absolute atomic E-state index is 11.6. The third kappa shape index (κ3) is 11.1. The second kappa shape index (κ2) is 14.0. The average molecular weight is 311 g/mol. The highest BCUT2D eigenvalue weighted by Gasteiger charge is 2.19. The number of hydrogen-bond acceptors (Lipinski definition) is 2. The monoisotopic (exact) mass is 310 g/mol. The fourth-order valence-electron chi connectivity index (χ4n) is 3.01. The maximum atomic E-state index is 11.6. The molecule has 0 aliphatic carbocycles. The van der Waals surface area contributed by atoms with Crippen molar-refractivity contribution in [1.82, 2.24) is 5.32 Å². The Balaban J connectivity index is 1.75. The molecule has 0 aromatic heterocycles. The Morgan fingerprint density at radius 1 is 0.909 bits per heavy atom. The lowest BCUT2D eigenvalue weighted by atomic mass is 10.0. The van der Waals surface area contributed by atoms with Crippen LogP contribution in [0, 0.1) is 0 Å². The van der Waals surface area contributed by atoms with Crippen LogP contribution in [0.5, 0.6) is 0 Å². The van der Waals surface area contributed by atoms with Crippen molar-refractivity contribution in [3.63, 3.8) is 0 Å². The third-order valence-corrected chi connectivity index (χ3v) is 4.44. The van der Waals surface area contributed by atoms with Gasteiger partial charge < -0.3 is 4.74 Å². The Kier molecular flexibility index (Phi) is 12.4. The van der Waals surface area contributed by atoms with Gasteiger partial charge >= 0.3 is 5.97 Å². The summed E-state index contributed by atoms with van der Waals surface area (Å²) in [6.45, 7) is 3.13. The minimum Gasteiger partial charge on any atom is -0.445 e. The van der Waals surface area contributed by atoms with Crippen molar-refractivity contribution in [2.45, 2.75) is 109 Å². The van der Waals surface area contributed by atoms with E-state index in [2.05, 4.69) is 12.2 Å². The van der Waals surface area contributed by atoms with E-state index in [1.165, 1.54) is 64.2 Å². The highest BCUT2D eigenvalue weighted by atomic mass is 16.6. The van der Waals surface area contributed by atoms with Crippen molar-refractivity contribution in [3.8, 4) is 0 Å². The van der Waals surface area contributed by atoms with Gasteiger partial charge in [-0.05, 0) is 12.8 Å². The van der Waals surface area contributed by atoms with Crippen molar-refractivity contribution in [2.24, 2.45) is 0 Å². The molecule has 1 heterocycles. The molecular weight excluding hydrogens is 274 g/mol. The lowest BCUT2D eigenvalue weighted by Crippen LogP contribution is -2.22. The molecule has 1 fully saturated rings. The SMILES string of the molecule is CCCCCCCCCCCCCCC(=O)OC1CCC[N]1. The maximum Gasteiger partial charge on any atom is 0.307 e. The van der Waals surface area contributed by atoms with E-state index in [0.717, 1.165) is 32.2 Å². The van der Waals surface area contributed by atoms with Crippen LogP contribution >= 0.6 is 0 Å². The molecule has 0 spiro atoms. The Labute approximate surface area is 137 Å². The molecule has 129 valence electrons. The third-order valence-electron chi connectivity index (χ3n) is 4.44. The minimum atomic E-state index is -0.134. The summed E-state index contributed by atoms with van der Waals surface area (Å²) >= 11 is 0. The summed E-state index contributed by atoms with van der Waals surface area (Å²) in [5.74, 6) is -0.0530. The first-order chi connectivity index (χ1) is 10.8. The molecule has 0 bridgehead atoms. The smallest absolute Gasteiger partial charge is 0.307 e. The van der Waals surface area contributed by atoms with Crippen LogP contribution in [0.1, 0.15) is 103 Å². The predicted octanol–water partition coefficient (Wildman–Crippen LogP) is 5.35. The van der Waals surface area contributed by atoms with E-state index in [9.17, 15) is 4.79 Å². The molecule has 0 aromatic carbocycles. The van der Waals surface area contributed by atoms with Crippen LogP contribution in [0.25, 0.3) is 0 Å². The molecular formula is C19H36NO2. The Bertz CT molecular complexity index is 262. The number of rotatable bonds is 14. The van der Waals surface area contributed by atoms with E-state index in [1.54, 1.807) is 0 Å². The highest BCUT2D eigenvalue weighted by Crippen LogP contribution is 2.14. The van der Waals surface area contributed by atoms with Crippen molar-refractivity contribution in [3.05, 3.63) is 0 Å². The lowest BCUT2D eigenvalue weighted by molar-refractivity contribution is -0.150. The van der Waals surface area contributed by atoms with E-state index in [1.807, 2.05) is 0 Å². The number of carbonyl (C=O) groups is 1. The van der Waals surface area contributed by atoms with Crippen molar-refractivity contribution in [2.75, 3.05) is 6.54 Å². The van der Waals surface area contributed by atoms with E-state index in [4.69, 9.17) is 4.74 Å². The molecule has 0 aromatic rings. The molecule has 1 saturated heterocycles. The molecule has 1 radical (unpaired) electrons. The van der Waals surface area contributed by atoms with E-state index >= 15 is 0 Å². The zero-order valence-electron chi connectivity index (χ0n) is 14.7. The van der Waals surface area contributed by atoms with Gasteiger partial charge in [0, 0.05) is 19.4 Å².